The molecular formula is C26H30N6O2S. The quantitative estimate of drug-likeness (QED) is 0.427. The Morgan fingerprint density at radius 1 is 0.943 bits per heavy atom. The fraction of sp³-hybridized carbons (Fsp3) is 0.308. The Morgan fingerprint density at radius 2 is 1.66 bits per heavy atom. The lowest BCUT2D eigenvalue weighted by atomic mass is 10.0. The van der Waals surface area contributed by atoms with E-state index in [2.05, 4.69) is 62.6 Å². The molecule has 5 rings (SSSR count). The number of nitrogens with zero attached hydrogens (tertiary/aromatic N) is 5. The van der Waals surface area contributed by atoms with Gasteiger partial charge in [-0.15, -0.1) is 5.10 Å². The van der Waals surface area contributed by atoms with Crippen LogP contribution in [-0.4, -0.2) is 54.5 Å². The van der Waals surface area contributed by atoms with E-state index in [1.807, 2.05) is 19.2 Å². The van der Waals surface area contributed by atoms with Crippen molar-refractivity contribution >= 4 is 26.5 Å². The van der Waals surface area contributed by atoms with Crippen LogP contribution in [0.4, 0.5) is 5.69 Å². The normalized spacial score (nSPS) is 16.0. The predicted molar refractivity (Wildman–Crippen MR) is 138 cm³/mol. The first kappa shape index (κ1) is 23.5. The summed E-state index contributed by atoms with van der Waals surface area (Å²) < 4.78 is 25.7. The molecule has 9 heteroatoms. The van der Waals surface area contributed by atoms with Crippen molar-refractivity contribution < 1.29 is 8.42 Å². The van der Waals surface area contributed by atoms with Gasteiger partial charge in [-0.2, -0.15) is 0 Å². The van der Waals surface area contributed by atoms with E-state index in [0.29, 0.717) is 12.1 Å². The zero-order chi connectivity index (χ0) is 24.4. The molecule has 0 bridgehead atoms. The molecule has 1 aliphatic heterocycles. The van der Waals surface area contributed by atoms with Crippen molar-refractivity contribution in [1.29, 1.82) is 0 Å². The van der Waals surface area contributed by atoms with Crippen molar-refractivity contribution in [3.63, 3.8) is 0 Å². The van der Waals surface area contributed by atoms with Gasteiger partial charge in [-0.1, -0.05) is 60.7 Å². The number of nitrogens with two attached hydrogens (primary N) is 1. The standard InChI is InChI=1S/C26H30N6O2S/c1-20(25-8-4-5-9-26(25)35(27,33)34)17-32-19-23(28-29-32)18-30-12-14-31(15-13-30)24-11-10-21-6-2-3-7-22(21)16-24/h2-11,16,19-20H,12-15,17-18H2,1H3,(H2,27,33,34)/t20-/m1/s1. The van der Waals surface area contributed by atoms with Crippen LogP contribution in [0.1, 0.15) is 24.1 Å². The molecule has 0 saturated carbocycles. The number of hydrogen-bond acceptors (Lipinski definition) is 6. The van der Waals surface area contributed by atoms with E-state index in [-0.39, 0.29) is 10.8 Å². The van der Waals surface area contributed by atoms with Gasteiger partial charge in [0, 0.05) is 57.1 Å². The van der Waals surface area contributed by atoms with Gasteiger partial charge in [0.05, 0.1) is 10.6 Å². The SMILES string of the molecule is C[C@H](Cn1cc(CN2CCN(c3ccc4ccccc4c3)CC2)nn1)c1ccccc1S(N)(=O)=O. The number of primary sulfonamides is 1. The maximum absolute atomic E-state index is 11.9. The van der Waals surface area contributed by atoms with Crippen molar-refractivity contribution in [1.82, 2.24) is 19.9 Å². The van der Waals surface area contributed by atoms with E-state index in [1.54, 1.807) is 22.9 Å². The van der Waals surface area contributed by atoms with Crippen molar-refractivity contribution in [2.75, 3.05) is 31.1 Å². The lowest BCUT2D eigenvalue weighted by molar-refractivity contribution is 0.247. The van der Waals surface area contributed by atoms with Crippen LogP contribution in [0.2, 0.25) is 0 Å². The molecule has 35 heavy (non-hydrogen) atoms. The second-order valence-electron chi connectivity index (χ2n) is 9.21. The van der Waals surface area contributed by atoms with E-state index in [1.165, 1.54) is 16.5 Å². The average Bonchev–Trinajstić information content (AvgIpc) is 3.30. The summed E-state index contributed by atoms with van der Waals surface area (Å²) in [5.74, 6) is -0.0791. The van der Waals surface area contributed by atoms with Crippen molar-refractivity contribution in [3.05, 3.63) is 84.2 Å². The summed E-state index contributed by atoms with van der Waals surface area (Å²) in [5.41, 5.74) is 2.87. The molecule has 1 aromatic heterocycles. The van der Waals surface area contributed by atoms with Crippen LogP contribution < -0.4 is 10.0 Å². The number of piperazine rings is 1. The Kier molecular flexibility index (Phi) is 6.55. The monoisotopic (exact) mass is 490 g/mol. The molecule has 0 spiro atoms. The van der Waals surface area contributed by atoms with Crippen LogP contribution in [0.5, 0.6) is 0 Å². The smallest absolute Gasteiger partial charge is 0.238 e. The average molecular weight is 491 g/mol. The van der Waals surface area contributed by atoms with Crippen LogP contribution in [0.15, 0.2) is 77.8 Å². The zero-order valence-corrected chi connectivity index (χ0v) is 20.6. The first-order chi connectivity index (χ1) is 16.9. The molecule has 1 aliphatic rings. The molecule has 0 unspecified atom stereocenters. The summed E-state index contributed by atoms with van der Waals surface area (Å²) in [6.07, 6.45) is 1.95. The maximum Gasteiger partial charge on any atom is 0.238 e. The van der Waals surface area contributed by atoms with Crippen LogP contribution >= 0.6 is 0 Å². The molecular weight excluding hydrogens is 460 g/mol. The number of fused-ring (bicyclic) bond motifs is 1. The molecule has 1 atom stereocenters. The fourth-order valence-corrected chi connectivity index (χ4v) is 5.66. The molecule has 2 N–H and O–H groups in total. The minimum absolute atomic E-state index is 0.0791. The van der Waals surface area contributed by atoms with Crippen molar-refractivity contribution in [3.8, 4) is 0 Å². The third-order valence-corrected chi connectivity index (χ3v) is 7.64. The van der Waals surface area contributed by atoms with E-state index >= 15 is 0 Å². The van der Waals surface area contributed by atoms with Gasteiger partial charge < -0.3 is 4.90 Å². The number of aromatic nitrogens is 3. The summed E-state index contributed by atoms with van der Waals surface area (Å²) in [4.78, 5) is 4.99. The topological polar surface area (TPSA) is 97.3 Å². The number of anilines is 1. The van der Waals surface area contributed by atoms with E-state index in [0.717, 1.165) is 38.4 Å². The minimum atomic E-state index is -3.78. The van der Waals surface area contributed by atoms with Gasteiger partial charge in [0.25, 0.3) is 0 Å². The lowest BCUT2D eigenvalue weighted by Gasteiger charge is -2.35. The summed E-state index contributed by atoms with van der Waals surface area (Å²) in [6.45, 7) is 7.08. The molecule has 4 aromatic rings. The molecule has 1 saturated heterocycles. The molecule has 1 fully saturated rings. The Bertz CT molecular complexity index is 1430. The van der Waals surface area contributed by atoms with Gasteiger partial charge in [0.15, 0.2) is 0 Å². The molecule has 0 aliphatic carbocycles. The van der Waals surface area contributed by atoms with Crippen LogP contribution in [0.25, 0.3) is 10.8 Å². The molecule has 3 aromatic carbocycles. The Balaban J connectivity index is 1.18. The summed E-state index contributed by atoms with van der Waals surface area (Å²) in [7, 11) is -3.78. The Labute approximate surface area is 206 Å². The van der Waals surface area contributed by atoms with Crippen LogP contribution in [-0.2, 0) is 23.1 Å². The summed E-state index contributed by atoms with van der Waals surface area (Å²) in [5, 5.41) is 16.6. The van der Waals surface area contributed by atoms with Crippen LogP contribution in [0.3, 0.4) is 0 Å². The highest BCUT2D eigenvalue weighted by atomic mass is 32.2. The highest BCUT2D eigenvalue weighted by Gasteiger charge is 2.20. The first-order valence-corrected chi connectivity index (χ1v) is 13.4. The van der Waals surface area contributed by atoms with E-state index < -0.39 is 10.0 Å². The highest BCUT2D eigenvalue weighted by molar-refractivity contribution is 7.89. The van der Waals surface area contributed by atoms with Gasteiger partial charge in [-0.25, -0.2) is 13.6 Å². The van der Waals surface area contributed by atoms with Gasteiger partial charge in [-0.3, -0.25) is 9.58 Å². The largest absolute Gasteiger partial charge is 0.369 e. The lowest BCUT2D eigenvalue weighted by Crippen LogP contribution is -2.46. The Morgan fingerprint density at radius 3 is 2.43 bits per heavy atom. The third kappa shape index (κ3) is 5.37. The van der Waals surface area contributed by atoms with Gasteiger partial charge in [0.2, 0.25) is 10.0 Å². The number of sulfonamides is 1. The molecule has 0 radical (unpaired) electrons. The minimum Gasteiger partial charge on any atom is -0.369 e. The van der Waals surface area contributed by atoms with Gasteiger partial charge in [0.1, 0.15) is 0 Å². The van der Waals surface area contributed by atoms with Crippen LogP contribution in [0, 0.1) is 0 Å². The van der Waals surface area contributed by atoms with Crippen molar-refractivity contribution in [2.24, 2.45) is 5.14 Å². The second-order valence-corrected chi connectivity index (χ2v) is 10.7. The molecule has 182 valence electrons. The fourth-order valence-electron chi connectivity index (χ4n) is 4.79. The van der Waals surface area contributed by atoms with E-state index in [4.69, 9.17) is 5.14 Å². The molecule has 0 amide bonds. The predicted octanol–water partition coefficient (Wildman–Crippen LogP) is 3.20. The van der Waals surface area contributed by atoms with E-state index in [9.17, 15) is 8.42 Å². The summed E-state index contributed by atoms with van der Waals surface area (Å²) in [6, 6.07) is 22.0. The first-order valence-electron chi connectivity index (χ1n) is 11.8. The maximum atomic E-state index is 11.9. The van der Waals surface area contributed by atoms with Gasteiger partial charge >= 0.3 is 0 Å². The number of hydrogen-bond donors (Lipinski definition) is 1. The zero-order valence-electron chi connectivity index (χ0n) is 19.8. The highest BCUT2D eigenvalue weighted by Crippen LogP contribution is 2.25. The molecule has 8 nitrogen and oxygen atoms in total. The third-order valence-electron chi connectivity index (χ3n) is 6.66. The van der Waals surface area contributed by atoms with Crippen molar-refractivity contribution in [2.45, 2.75) is 30.8 Å². The van der Waals surface area contributed by atoms with Gasteiger partial charge in [-0.05, 0) is 34.5 Å². The Hall–Kier alpha value is -3.27. The number of rotatable bonds is 7. The second kappa shape index (κ2) is 9.77. The summed E-state index contributed by atoms with van der Waals surface area (Å²) >= 11 is 0. The molecule has 2 heterocycles. The number of benzene rings is 3.